The first-order valence-electron chi connectivity index (χ1n) is 23.9. The largest absolute Gasteiger partial charge is 1.00 e. The maximum atomic E-state index is 14.3. The third kappa shape index (κ3) is 21.2. The van der Waals surface area contributed by atoms with Crippen molar-refractivity contribution in [1.29, 1.82) is 0 Å². The van der Waals surface area contributed by atoms with Crippen LogP contribution in [-0.2, 0) is 36.4 Å². The summed E-state index contributed by atoms with van der Waals surface area (Å²) < 4.78 is 219. The molecule has 1 fully saturated rings. The summed E-state index contributed by atoms with van der Waals surface area (Å²) in [5.41, 5.74) is -5.11. The minimum atomic E-state index is -4.75. The van der Waals surface area contributed by atoms with Gasteiger partial charge in [-0.25, -0.2) is 18.7 Å². The van der Waals surface area contributed by atoms with Crippen molar-refractivity contribution in [3.8, 4) is 22.9 Å². The standard InChI is InChI=1S/C17H14F6N4O2.C15H20BF4NO3.C8H6BrF2N3O.C7H3BrClF2N3.CH4O.CH3O.4CH4.Na/c1-15(2,17(21,22)23)29-13-11(18)6-10(7-24-13)9-4-5-12-25-26-14(27(12)8-9)16(19,20)28-3;1-12(2)13(3,4)24-16(23-12)9-7-10(17)11(21-8-9)22-14(5,6)15(18,19)20;1-15-8(10,11)7-13-12-6-3-2-5(9)4-14(6)7;8-4-1-2-5-12-13-6(7(9,10)11)14(5)3-4;2*1-2;;;;;/h4-8H,1-3H3;7-8H,1-6H3;2-4H,1H3;1-3H;2H,1H3;1H3;4*1H4;/q;;;;;-1;;;;;+1. The first-order valence-corrected chi connectivity index (χ1v) is 25.8. The van der Waals surface area contributed by atoms with Crippen molar-refractivity contribution in [2.75, 3.05) is 28.4 Å². The van der Waals surface area contributed by atoms with Crippen molar-refractivity contribution in [2.24, 2.45) is 0 Å². The topological polar surface area (TPSA) is 215 Å². The zero-order valence-corrected chi connectivity index (χ0v) is 53.7. The molecule has 0 amide bonds. The molecule has 19 nitrogen and oxygen atoms in total. The van der Waals surface area contributed by atoms with Crippen LogP contribution >= 0.6 is 43.5 Å². The molecule has 0 radical (unpaired) electrons. The third-order valence-electron chi connectivity index (χ3n) is 12.0. The number of aromatic nitrogens is 11. The number of hydrogen-bond donors (Lipinski definition) is 1. The van der Waals surface area contributed by atoms with E-state index in [4.69, 9.17) is 35.9 Å². The molecular formula is C53H66BBr2ClF14N11NaO8. The van der Waals surface area contributed by atoms with E-state index in [1.165, 1.54) is 41.3 Å². The van der Waals surface area contributed by atoms with Crippen LogP contribution in [0.4, 0.5) is 61.5 Å². The number of rotatable bonds is 11. The second kappa shape index (κ2) is 33.8. The molecule has 0 saturated carbocycles. The summed E-state index contributed by atoms with van der Waals surface area (Å²) in [5.74, 6) is -5.65. The molecule has 1 N–H and O–H groups in total. The van der Waals surface area contributed by atoms with Crippen molar-refractivity contribution in [3.63, 3.8) is 0 Å². The van der Waals surface area contributed by atoms with Gasteiger partial charge in [0.2, 0.25) is 17.5 Å². The molecule has 1 aliphatic rings. The van der Waals surface area contributed by atoms with E-state index in [1.54, 1.807) is 24.3 Å². The molecule has 9 heterocycles. The second-order valence-electron chi connectivity index (χ2n) is 19.2. The first-order chi connectivity index (χ1) is 39.5. The van der Waals surface area contributed by atoms with E-state index in [0.717, 1.165) is 83.3 Å². The molecule has 9 rings (SSSR count). The number of halogens is 17. The van der Waals surface area contributed by atoms with Crippen molar-refractivity contribution in [3.05, 3.63) is 118 Å². The van der Waals surface area contributed by atoms with E-state index >= 15 is 0 Å². The molecule has 1 aliphatic heterocycles. The number of aliphatic hydroxyl groups is 1. The van der Waals surface area contributed by atoms with Gasteiger partial charge in [0.25, 0.3) is 11.8 Å². The zero-order valence-electron chi connectivity index (χ0n) is 47.7. The van der Waals surface area contributed by atoms with Gasteiger partial charge in [-0.05, 0) is 147 Å². The fraction of sp³-hybridized carbons (Fsp3) is 0.472. The summed E-state index contributed by atoms with van der Waals surface area (Å²) in [6.07, 6.45) is -10.2. The molecule has 0 unspecified atom stereocenters. The molecule has 38 heteroatoms. The van der Waals surface area contributed by atoms with E-state index < -0.39 is 100 Å². The number of nitrogens with zero attached hydrogens (tertiary/aromatic N) is 11. The molecule has 8 aromatic rings. The monoisotopic (exact) mass is 1480 g/mol. The van der Waals surface area contributed by atoms with E-state index in [2.05, 4.69) is 86.6 Å². The molecule has 504 valence electrons. The van der Waals surface area contributed by atoms with Crippen LogP contribution in [0.1, 0.15) is 103 Å². The predicted molar refractivity (Wildman–Crippen MR) is 312 cm³/mol. The van der Waals surface area contributed by atoms with E-state index in [9.17, 15) is 61.5 Å². The van der Waals surface area contributed by atoms with Gasteiger partial charge in [0.05, 0.1) is 11.2 Å². The molecule has 0 spiro atoms. The van der Waals surface area contributed by atoms with Gasteiger partial charge in [-0.2, -0.15) is 59.8 Å². The third-order valence-corrected chi connectivity index (χ3v) is 13.1. The van der Waals surface area contributed by atoms with E-state index in [0.29, 0.717) is 20.2 Å². The Labute approximate surface area is 559 Å². The number of hydrogen-bond acceptors (Lipinski definition) is 16. The summed E-state index contributed by atoms with van der Waals surface area (Å²) >= 11 is 11.2. The Morgan fingerprint density at radius 1 is 0.538 bits per heavy atom. The van der Waals surface area contributed by atoms with Crippen molar-refractivity contribution < 1.29 is 129 Å². The number of pyridine rings is 5. The van der Waals surface area contributed by atoms with Crippen LogP contribution in [0.15, 0.2) is 88.5 Å². The van der Waals surface area contributed by atoms with Crippen LogP contribution in [0.25, 0.3) is 28.1 Å². The maximum Gasteiger partial charge on any atom is 1.00 e. The Hall–Kier alpha value is -5.15. The van der Waals surface area contributed by atoms with E-state index in [1.807, 2.05) is 27.7 Å². The van der Waals surface area contributed by atoms with Crippen LogP contribution in [0.5, 0.6) is 11.8 Å². The van der Waals surface area contributed by atoms with Gasteiger partial charge in [-0.3, -0.25) is 13.2 Å². The van der Waals surface area contributed by atoms with Crippen LogP contribution in [0, 0.1) is 11.6 Å². The van der Waals surface area contributed by atoms with Gasteiger partial charge in [0.1, 0.15) is 0 Å². The van der Waals surface area contributed by atoms with Gasteiger partial charge in [-0.15, -0.1) is 30.6 Å². The van der Waals surface area contributed by atoms with E-state index in [-0.39, 0.29) is 81.5 Å². The van der Waals surface area contributed by atoms with Crippen molar-refractivity contribution >= 4 is 73.0 Å². The Morgan fingerprint density at radius 2 is 0.879 bits per heavy atom. The summed E-state index contributed by atoms with van der Waals surface area (Å²) in [6, 6.07) is 11.2. The summed E-state index contributed by atoms with van der Waals surface area (Å²) in [5, 5.41) is 32.6. The molecule has 0 aliphatic carbocycles. The molecule has 0 aromatic carbocycles. The summed E-state index contributed by atoms with van der Waals surface area (Å²) in [4.78, 5) is 7.26. The molecule has 0 bridgehead atoms. The van der Waals surface area contributed by atoms with Gasteiger partial charge < -0.3 is 38.5 Å². The Morgan fingerprint density at radius 3 is 1.23 bits per heavy atom. The molecule has 91 heavy (non-hydrogen) atoms. The second-order valence-corrected chi connectivity index (χ2v) is 21.5. The number of alkyl halides is 13. The Bertz CT molecular complexity index is 3570. The zero-order chi connectivity index (χ0) is 65.6. The quantitative estimate of drug-likeness (QED) is 0.0724. The minimum absolute atomic E-state index is 0. The molecule has 0 atom stereocenters. The molecule has 1 saturated heterocycles. The van der Waals surface area contributed by atoms with Crippen LogP contribution in [-0.4, -0.2) is 129 Å². The maximum absolute atomic E-state index is 14.3. The molecule has 8 aromatic heterocycles. The first kappa shape index (κ1) is 87.9. The number of ether oxygens (including phenoxy) is 4. The van der Waals surface area contributed by atoms with Gasteiger partial charge in [-0.1, -0.05) is 29.7 Å². The summed E-state index contributed by atoms with van der Waals surface area (Å²) in [7, 11) is 2.60. The van der Waals surface area contributed by atoms with Crippen LogP contribution in [0.3, 0.4) is 0 Å². The Kier molecular flexibility index (Phi) is 32.7. The number of methoxy groups -OCH3 is 2. The summed E-state index contributed by atoms with van der Waals surface area (Å²) in [6.45, 7) is 10.4. The normalized spacial score (nSPS) is 13.6. The average Bonchev–Trinajstić information content (AvgIpc) is 1.71. The fourth-order valence-electron chi connectivity index (χ4n) is 6.44. The molecular weight excluding hydrogens is 1410 g/mol. The van der Waals surface area contributed by atoms with Gasteiger partial charge in [0.15, 0.2) is 39.8 Å². The van der Waals surface area contributed by atoms with Crippen molar-refractivity contribution in [1.82, 2.24) is 53.8 Å². The fourth-order valence-corrected chi connectivity index (χ4v) is 7.25. The van der Waals surface area contributed by atoms with Gasteiger partial charge >= 0.3 is 66.6 Å². The van der Waals surface area contributed by atoms with Crippen LogP contribution < -0.4 is 49.6 Å². The SMILES string of the molecule is C.C.C.C.CC(C)(Oc1ncc(B2OC(C)(C)C(C)(C)O2)cc1F)C(F)(F)F.CO.COC(F)(F)c1nnc2ccc(-c3cnc(OC(C)(C)C(F)(F)F)c(F)c3)cn12.COC(F)(F)c1nnc2ccc(Br)cn12.C[O-].FC(F)(Cl)c1nnc2ccc(Br)cn12.[Na+]. The number of aliphatic hydroxyl groups excluding tert-OH is 1. The van der Waals surface area contributed by atoms with Crippen molar-refractivity contribution in [2.45, 2.75) is 137 Å². The van der Waals surface area contributed by atoms with Gasteiger partial charge in [0, 0.05) is 77.8 Å². The number of fused-ring (bicyclic) bond motifs is 3. The predicted octanol–water partition coefficient (Wildman–Crippen LogP) is 10.7. The van der Waals surface area contributed by atoms with Crippen LogP contribution in [0.2, 0.25) is 0 Å². The Balaban J connectivity index is 0. The smallest absolute Gasteiger partial charge is 0.857 e. The average molecular weight is 1480 g/mol. The minimum Gasteiger partial charge on any atom is -0.857 e.